The van der Waals surface area contributed by atoms with Crippen LogP contribution in [0.3, 0.4) is 0 Å². The Hall–Kier alpha value is -1.57. The van der Waals surface area contributed by atoms with Crippen LogP contribution in [0.4, 0.5) is 0 Å². The minimum atomic E-state index is -0.260. The fourth-order valence-corrected chi connectivity index (χ4v) is 2.67. The molecule has 20 heavy (non-hydrogen) atoms. The van der Waals surface area contributed by atoms with E-state index in [0.717, 1.165) is 30.6 Å². The fraction of sp³-hybridized carbons (Fsp3) is 0.562. The normalized spacial score (nSPS) is 22.8. The van der Waals surface area contributed by atoms with E-state index in [2.05, 4.69) is 5.32 Å². The van der Waals surface area contributed by atoms with Crippen LogP contribution in [0.2, 0.25) is 0 Å². The average molecular weight is 274 g/mol. The Morgan fingerprint density at radius 3 is 2.90 bits per heavy atom. The van der Waals surface area contributed by atoms with E-state index in [0.29, 0.717) is 6.54 Å². The van der Waals surface area contributed by atoms with Crippen LogP contribution in [0.1, 0.15) is 37.7 Å². The van der Waals surface area contributed by atoms with Gasteiger partial charge in [0.2, 0.25) is 0 Å². The van der Waals surface area contributed by atoms with Gasteiger partial charge >= 0.3 is 0 Å². The first-order chi connectivity index (χ1) is 9.81. The molecule has 1 fully saturated rings. The third-order valence-corrected chi connectivity index (χ3v) is 3.80. The third kappa shape index (κ3) is 4.22. The number of para-hydroxylation sites is 1. The lowest BCUT2D eigenvalue weighted by Gasteiger charge is -2.22. The summed E-state index contributed by atoms with van der Waals surface area (Å²) in [6, 6.07) is 9.86. The van der Waals surface area contributed by atoms with E-state index in [1.54, 1.807) is 0 Å². The zero-order valence-corrected chi connectivity index (χ0v) is 11.7. The smallest absolute Gasteiger partial charge is 0.174 e. The molecule has 4 nitrogen and oxygen atoms in total. The Balaban J connectivity index is 1.94. The van der Waals surface area contributed by atoms with E-state index in [1.165, 1.54) is 12.8 Å². The largest absolute Gasteiger partial charge is 0.478 e. The number of nitrogens with zero attached hydrogens (tertiary/aromatic N) is 1. The summed E-state index contributed by atoms with van der Waals surface area (Å²) in [4.78, 5) is 0. The fourth-order valence-electron chi connectivity index (χ4n) is 2.67. The highest BCUT2D eigenvalue weighted by molar-refractivity contribution is 5.33. The number of hydrogen-bond acceptors (Lipinski definition) is 4. The summed E-state index contributed by atoms with van der Waals surface area (Å²) in [5, 5.41) is 22.1. The lowest BCUT2D eigenvalue weighted by molar-refractivity contribution is 0.119. The van der Waals surface area contributed by atoms with Crippen molar-refractivity contribution in [1.29, 1.82) is 5.26 Å². The second-order valence-electron chi connectivity index (χ2n) is 5.25. The van der Waals surface area contributed by atoms with E-state index < -0.39 is 0 Å². The maximum absolute atomic E-state index is 10.1. The molecule has 0 saturated heterocycles. The Kier molecular flexibility index (Phi) is 5.85. The van der Waals surface area contributed by atoms with Crippen molar-refractivity contribution in [3.05, 3.63) is 29.8 Å². The van der Waals surface area contributed by atoms with E-state index in [1.807, 2.05) is 30.3 Å². The molecule has 0 aliphatic heterocycles. The lowest BCUT2D eigenvalue weighted by atomic mass is 10.1. The monoisotopic (exact) mass is 274 g/mol. The summed E-state index contributed by atoms with van der Waals surface area (Å²) in [5.41, 5.74) is 1.03. The quantitative estimate of drug-likeness (QED) is 0.809. The molecule has 1 aliphatic rings. The molecule has 1 saturated carbocycles. The zero-order chi connectivity index (χ0) is 14.2. The molecule has 108 valence electrons. The van der Waals surface area contributed by atoms with Gasteiger partial charge in [-0.1, -0.05) is 37.5 Å². The molecule has 1 aromatic rings. The predicted molar refractivity (Wildman–Crippen MR) is 77.3 cm³/mol. The molecule has 1 aliphatic carbocycles. The molecule has 0 bridgehead atoms. The van der Waals surface area contributed by atoms with Gasteiger partial charge in [0.05, 0.1) is 6.10 Å². The van der Waals surface area contributed by atoms with Crippen LogP contribution in [0.15, 0.2) is 24.3 Å². The van der Waals surface area contributed by atoms with Gasteiger partial charge in [-0.2, -0.15) is 5.26 Å². The summed E-state index contributed by atoms with van der Waals surface area (Å²) in [7, 11) is 0. The summed E-state index contributed by atoms with van der Waals surface area (Å²) in [6.07, 6.45) is 5.12. The Morgan fingerprint density at radius 2 is 2.05 bits per heavy atom. The van der Waals surface area contributed by atoms with E-state index in [9.17, 15) is 5.11 Å². The van der Waals surface area contributed by atoms with Gasteiger partial charge < -0.3 is 15.2 Å². The summed E-state index contributed by atoms with van der Waals surface area (Å²) in [6.45, 7) is 0.715. The number of benzene rings is 1. The number of hydrogen-bond donors (Lipinski definition) is 2. The number of aliphatic hydroxyl groups is 1. The topological polar surface area (TPSA) is 65.3 Å². The summed E-state index contributed by atoms with van der Waals surface area (Å²) >= 11 is 0. The first-order valence-corrected chi connectivity index (χ1v) is 7.30. The molecule has 2 atom stereocenters. The van der Waals surface area contributed by atoms with Crippen LogP contribution in [0.25, 0.3) is 0 Å². The van der Waals surface area contributed by atoms with Crippen LogP contribution in [-0.4, -0.2) is 23.9 Å². The number of rotatable bonds is 5. The Labute approximate surface area is 120 Å². The van der Waals surface area contributed by atoms with Gasteiger partial charge in [-0.15, -0.1) is 0 Å². The Bertz CT molecular complexity index is 456. The average Bonchev–Trinajstić information content (AvgIpc) is 2.68. The molecule has 0 radical (unpaired) electrons. The molecule has 0 spiro atoms. The highest BCUT2D eigenvalue weighted by atomic mass is 16.5. The van der Waals surface area contributed by atoms with Crippen molar-refractivity contribution in [2.24, 2.45) is 0 Å². The molecule has 4 heteroatoms. The standard InChI is InChI=1S/C16H22N2O2/c17-10-11-20-16-9-5-4-6-13(16)12-18-14-7-2-1-3-8-15(14)19/h4-6,9,14-15,18-19H,1-3,7-8,11-12H2. The molecular weight excluding hydrogens is 252 g/mol. The molecular formula is C16H22N2O2. The van der Waals surface area contributed by atoms with E-state index in [-0.39, 0.29) is 18.8 Å². The second kappa shape index (κ2) is 7.88. The minimum absolute atomic E-state index is 0.0586. The van der Waals surface area contributed by atoms with Gasteiger partial charge in [-0.3, -0.25) is 0 Å². The van der Waals surface area contributed by atoms with Gasteiger partial charge in [0.15, 0.2) is 6.61 Å². The third-order valence-electron chi connectivity index (χ3n) is 3.80. The van der Waals surface area contributed by atoms with Crippen LogP contribution in [0.5, 0.6) is 5.75 Å². The molecule has 0 heterocycles. The first-order valence-electron chi connectivity index (χ1n) is 7.30. The number of aliphatic hydroxyl groups excluding tert-OH is 1. The van der Waals surface area contributed by atoms with Crippen molar-refractivity contribution in [3.63, 3.8) is 0 Å². The van der Waals surface area contributed by atoms with Crippen LogP contribution < -0.4 is 10.1 Å². The van der Waals surface area contributed by atoms with Gasteiger partial charge in [-0.25, -0.2) is 0 Å². The maximum atomic E-state index is 10.1. The van der Waals surface area contributed by atoms with Crippen molar-refractivity contribution < 1.29 is 9.84 Å². The van der Waals surface area contributed by atoms with Crippen LogP contribution >= 0.6 is 0 Å². The van der Waals surface area contributed by atoms with Crippen LogP contribution in [-0.2, 0) is 6.54 Å². The second-order valence-corrected chi connectivity index (χ2v) is 5.25. The maximum Gasteiger partial charge on any atom is 0.174 e. The Morgan fingerprint density at radius 1 is 1.25 bits per heavy atom. The predicted octanol–water partition coefficient (Wildman–Crippen LogP) is 2.37. The molecule has 2 N–H and O–H groups in total. The van der Waals surface area contributed by atoms with Gasteiger partial charge in [0.1, 0.15) is 11.8 Å². The van der Waals surface area contributed by atoms with E-state index in [4.69, 9.17) is 10.00 Å². The minimum Gasteiger partial charge on any atom is -0.478 e. The molecule has 2 unspecified atom stereocenters. The van der Waals surface area contributed by atoms with Crippen LogP contribution in [0, 0.1) is 11.3 Å². The SMILES string of the molecule is N#CCOc1ccccc1CNC1CCCCCC1O. The summed E-state index contributed by atoms with van der Waals surface area (Å²) < 4.78 is 5.41. The first kappa shape index (κ1) is 14.8. The highest BCUT2D eigenvalue weighted by Crippen LogP contribution is 2.21. The lowest BCUT2D eigenvalue weighted by Crippen LogP contribution is -2.38. The van der Waals surface area contributed by atoms with Crippen molar-refractivity contribution in [1.82, 2.24) is 5.32 Å². The van der Waals surface area contributed by atoms with E-state index >= 15 is 0 Å². The summed E-state index contributed by atoms with van der Waals surface area (Å²) in [5.74, 6) is 0.740. The van der Waals surface area contributed by atoms with Gasteiger partial charge in [-0.05, 0) is 18.9 Å². The van der Waals surface area contributed by atoms with Crippen molar-refractivity contribution in [2.75, 3.05) is 6.61 Å². The number of nitriles is 1. The van der Waals surface area contributed by atoms with Crippen molar-refractivity contribution >= 4 is 0 Å². The number of ether oxygens (including phenoxy) is 1. The van der Waals surface area contributed by atoms with Crippen molar-refractivity contribution in [2.45, 2.75) is 50.8 Å². The zero-order valence-electron chi connectivity index (χ0n) is 11.7. The van der Waals surface area contributed by atoms with Crippen molar-refractivity contribution in [3.8, 4) is 11.8 Å². The molecule has 0 amide bonds. The number of nitrogens with one attached hydrogen (secondary N) is 1. The highest BCUT2D eigenvalue weighted by Gasteiger charge is 2.21. The molecule has 0 aromatic heterocycles. The molecule has 1 aromatic carbocycles. The molecule has 2 rings (SSSR count). The van der Waals surface area contributed by atoms with Gasteiger partial charge in [0, 0.05) is 18.2 Å². The van der Waals surface area contributed by atoms with Gasteiger partial charge in [0.25, 0.3) is 0 Å².